The lowest BCUT2D eigenvalue weighted by Gasteiger charge is -2.29. The first-order valence-corrected chi connectivity index (χ1v) is 6.47. The van der Waals surface area contributed by atoms with Crippen LogP contribution in [0.15, 0.2) is 6.07 Å². The molecule has 1 heterocycles. The van der Waals surface area contributed by atoms with E-state index < -0.39 is 0 Å². The number of aliphatic hydroxyl groups is 1. The van der Waals surface area contributed by atoms with Gasteiger partial charge in [0.2, 0.25) is 0 Å². The number of aromatic nitrogens is 2. The fourth-order valence-electron chi connectivity index (χ4n) is 2.25. The number of nitrogens with zero attached hydrogens (tertiary/aromatic N) is 3. The molecule has 0 aliphatic carbocycles. The van der Waals surface area contributed by atoms with Gasteiger partial charge < -0.3 is 10.0 Å². The lowest BCUT2D eigenvalue weighted by molar-refractivity contribution is 0.0611. The first kappa shape index (κ1) is 14.7. The van der Waals surface area contributed by atoms with Crippen molar-refractivity contribution in [2.24, 2.45) is 7.05 Å². The summed E-state index contributed by atoms with van der Waals surface area (Å²) in [6.45, 7) is 6.33. The number of aliphatic hydroxyl groups excluding tert-OH is 1. The molecule has 0 unspecified atom stereocenters. The zero-order chi connectivity index (χ0) is 13.7. The van der Waals surface area contributed by atoms with Crippen molar-refractivity contribution in [3.63, 3.8) is 0 Å². The van der Waals surface area contributed by atoms with Crippen molar-refractivity contribution >= 4 is 5.91 Å². The van der Waals surface area contributed by atoms with Gasteiger partial charge in [-0.05, 0) is 25.8 Å². The maximum Gasteiger partial charge on any atom is 0.272 e. The number of carbonyl (C=O) groups is 1. The Morgan fingerprint density at radius 1 is 1.50 bits per heavy atom. The van der Waals surface area contributed by atoms with Crippen molar-refractivity contribution < 1.29 is 9.90 Å². The third-order valence-electron chi connectivity index (χ3n) is 3.21. The summed E-state index contributed by atoms with van der Waals surface area (Å²) < 4.78 is 1.60. The number of hydrogen-bond acceptors (Lipinski definition) is 3. The molecule has 5 nitrogen and oxygen atoms in total. The molecule has 1 aromatic rings. The maximum absolute atomic E-state index is 12.5. The number of aryl methyl sites for hydroxylation is 2. The van der Waals surface area contributed by atoms with E-state index >= 15 is 0 Å². The van der Waals surface area contributed by atoms with Crippen molar-refractivity contribution in [1.29, 1.82) is 0 Å². The number of amides is 1. The van der Waals surface area contributed by atoms with E-state index in [1.807, 2.05) is 6.92 Å². The van der Waals surface area contributed by atoms with Gasteiger partial charge in [-0.15, -0.1) is 0 Å². The highest BCUT2D eigenvalue weighted by molar-refractivity contribution is 5.93. The van der Waals surface area contributed by atoms with Gasteiger partial charge in [0.05, 0.1) is 12.3 Å². The zero-order valence-corrected chi connectivity index (χ0v) is 11.7. The first-order chi connectivity index (χ1) is 8.54. The second-order valence-electron chi connectivity index (χ2n) is 4.49. The fourth-order valence-corrected chi connectivity index (χ4v) is 2.25. The van der Waals surface area contributed by atoms with E-state index in [0.29, 0.717) is 12.2 Å². The Bertz CT molecular complexity index is 397. The molecular weight excluding hydrogens is 230 g/mol. The molecule has 18 heavy (non-hydrogen) atoms. The molecule has 0 atom stereocenters. The molecule has 0 aromatic carbocycles. The quantitative estimate of drug-likeness (QED) is 0.832. The SMILES string of the molecule is CCC(CC)N(CCO)C(=O)c1cc(C)nn1C. The summed E-state index contributed by atoms with van der Waals surface area (Å²) in [5.74, 6) is -0.0548. The number of rotatable bonds is 6. The van der Waals surface area contributed by atoms with Crippen LogP contribution in [0.2, 0.25) is 0 Å². The molecule has 0 aliphatic rings. The molecule has 1 amide bonds. The molecular formula is C13H23N3O2. The van der Waals surface area contributed by atoms with Gasteiger partial charge in [-0.25, -0.2) is 0 Å². The van der Waals surface area contributed by atoms with Gasteiger partial charge in [-0.2, -0.15) is 5.10 Å². The van der Waals surface area contributed by atoms with E-state index in [2.05, 4.69) is 18.9 Å². The topological polar surface area (TPSA) is 58.4 Å². The molecule has 0 fully saturated rings. The van der Waals surface area contributed by atoms with Crippen molar-refractivity contribution in [3.8, 4) is 0 Å². The van der Waals surface area contributed by atoms with Crippen LogP contribution in [0.25, 0.3) is 0 Å². The van der Waals surface area contributed by atoms with Gasteiger partial charge in [0.15, 0.2) is 0 Å². The molecule has 0 aliphatic heterocycles. The van der Waals surface area contributed by atoms with Crippen molar-refractivity contribution in [2.75, 3.05) is 13.2 Å². The minimum absolute atomic E-state index is 0.0148. The van der Waals surface area contributed by atoms with E-state index in [1.165, 1.54) is 0 Å². The lowest BCUT2D eigenvalue weighted by Crippen LogP contribution is -2.42. The van der Waals surface area contributed by atoms with Crippen LogP contribution in [0.3, 0.4) is 0 Å². The highest BCUT2D eigenvalue weighted by atomic mass is 16.3. The van der Waals surface area contributed by atoms with Crippen molar-refractivity contribution in [3.05, 3.63) is 17.5 Å². The third kappa shape index (κ3) is 3.10. The Labute approximate surface area is 108 Å². The van der Waals surface area contributed by atoms with Gasteiger partial charge in [0, 0.05) is 19.6 Å². The molecule has 1 aromatic heterocycles. The van der Waals surface area contributed by atoms with E-state index in [9.17, 15) is 4.79 Å². The van der Waals surface area contributed by atoms with Crippen LogP contribution < -0.4 is 0 Å². The Morgan fingerprint density at radius 3 is 2.50 bits per heavy atom. The molecule has 1 N–H and O–H groups in total. The summed E-state index contributed by atoms with van der Waals surface area (Å²) in [7, 11) is 1.77. The van der Waals surface area contributed by atoms with Gasteiger partial charge >= 0.3 is 0 Å². The first-order valence-electron chi connectivity index (χ1n) is 6.47. The third-order valence-corrected chi connectivity index (χ3v) is 3.21. The van der Waals surface area contributed by atoms with Crippen LogP contribution in [-0.2, 0) is 7.05 Å². The summed E-state index contributed by atoms with van der Waals surface area (Å²) in [5, 5.41) is 13.3. The number of carbonyl (C=O) groups excluding carboxylic acids is 1. The smallest absolute Gasteiger partial charge is 0.272 e. The summed E-state index contributed by atoms with van der Waals surface area (Å²) in [6, 6.07) is 1.95. The van der Waals surface area contributed by atoms with Gasteiger partial charge in [0.25, 0.3) is 5.91 Å². The predicted molar refractivity (Wildman–Crippen MR) is 70.4 cm³/mol. The van der Waals surface area contributed by atoms with Crippen LogP contribution in [-0.4, -0.2) is 44.9 Å². The standard InChI is InChI=1S/C13H23N3O2/c1-5-11(6-2)16(7-8-17)13(18)12-9-10(3)14-15(12)4/h9,11,17H,5-8H2,1-4H3. The maximum atomic E-state index is 12.5. The minimum Gasteiger partial charge on any atom is -0.395 e. The Hall–Kier alpha value is -1.36. The van der Waals surface area contributed by atoms with Crippen molar-refractivity contribution in [1.82, 2.24) is 14.7 Å². The zero-order valence-electron chi connectivity index (χ0n) is 11.7. The summed E-state index contributed by atoms with van der Waals surface area (Å²) in [5.41, 5.74) is 1.40. The van der Waals surface area contributed by atoms with Gasteiger partial charge in [-0.3, -0.25) is 9.48 Å². The Balaban J connectivity index is 2.98. The Morgan fingerprint density at radius 2 is 2.11 bits per heavy atom. The van der Waals surface area contributed by atoms with E-state index in [-0.39, 0.29) is 18.6 Å². The van der Waals surface area contributed by atoms with Crippen LogP contribution in [0.5, 0.6) is 0 Å². The summed E-state index contributed by atoms with van der Waals surface area (Å²) in [4.78, 5) is 14.2. The van der Waals surface area contributed by atoms with Crippen molar-refractivity contribution in [2.45, 2.75) is 39.7 Å². The molecule has 0 saturated heterocycles. The second-order valence-corrected chi connectivity index (χ2v) is 4.49. The molecule has 0 spiro atoms. The number of hydrogen-bond donors (Lipinski definition) is 1. The normalized spacial score (nSPS) is 11.0. The molecule has 5 heteroatoms. The highest BCUT2D eigenvalue weighted by Crippen LogP contribution is 2.14. The summed E-state index contributed by atoms with van der Waals surface area (Å²) in [6.07, 6.45) is 1.78. The minimum atomic E-state index is -0.0548. The second kappa shape index (κ2) is 6.54. The molecule has 0 bridgehead atoms. The molecule has 102 valence electrons. The molecule has 0 saturated carbocycles. The van der Waals surface area contributed by atoms with E-state index in [1.54, 1.807) is 22.7 Å². The molecule has 1 rings (SSSR count). The monoisotopic (exact) mass is 253 g/mol. The average Bonchev–Trinajstić information content (AvgIpc) is 2.68. The van der Waals surface area contributed by atoms with Gasteiger partial charge in [-0.1, -0.05) is 13.8 Å². The van der Waals surface area contributed by atoms with E-state index in [0.717, 1.165) is 18.5 Å². The van der Waals surface area contributed by atoms with Crippen LogP contribution in [0.1, 0.15) is 42.9 Å². The van der Waals surface area contributed by atoms with Crippen LogP contribution >= 0.6 is 0 Å². The Kier molecular flexibility index (Phi) is 5.34. The predicted octanol–water partition coefficient (Wildman–Crippen LogP) is 1.35. The molecule has 0 radical (unpaired) electrons. The fraction of sp³-hybridized carbons (Fsp3) is 0.692. The highest BCUT2D eigenvalue weighted by Gasteiger charge is 2.24. The summed E-state index contributed by atoms with van der Waals surface area (Å²) >= 11 is 0. The lowest BCUT2D eigenvalue weighted by atomic mass is 10.1. The largest absolute Gasteiger partial charge is 0.395 e. The van der Waals surface area contributed by atoms with Crippen LogP contribution in [0.4, 0.5) is 0 Å². The van der Waals surface area contributed by atoms with E-state index in [4.69, 9.17) is 5.11 Å². The van der Waals surface area contributed by atoms with Crippen LogP contribution in [0, 0.1) is 6.92 Å². The average molecular weight is 253 g/mol. The van der Waals surface area contributed by atoms with Gasteiger partial charge in [0.1, 0.15) is 5.69 Å².